The first-order chi connectivity index (χ1) is 69.9. The molecule has 0 fully saturated rings. The Bertz CT molecular complexity index is 8930. The molecular formula is C130H85N11. The van der Waals surface area contributed by atoms with E-state index in [4.69, 9.17) is 9.97 Å². The first kappa shape index (κ1) is 80.4. The van der Waals surface area contributed by atoms with Crippen LogP contribution < -0.4 is 14.7 Å². The van der Waals surface area contributed by atoms with Gasteiger partial charge in [-0.05, 0) is 243 Å². The molecule has 0 aliphatic rings. The van der Waals surface area contributed by atoms with Crippen molar-refractivity contribution < 1.29 is 0 Å². The zero-order valence-electron chi connectivity index (χ0n) is 76.5. The first-order valence-electron chi connectivity index (χ1n) is 48.1. The Labute approximate surface area is 812 Å². The van der Waals surface area contributed by atoms with E-state index in [1.165, 1.54) is 16.2 Å². The van der Waals surface area contributed by atoms with E-state index in [0.717, 1.165) is 228 Å². The lowest BCUT2D eigenvalue weighted by Crippen LogP contribution is -2.11. The van der Waals surface area contributed by atoms with E-state index in [9.17, 15) is 0 Å². The highest BCUT2D eigenvalue weighted by Crippen LogP contribution is 2.50. The van der Waals surface area contributed by atoms with E-state index in [0.29, 0.717) is 5.82 Å². The predicted octanol–water partition coefficient (Wildman–Crippen LogP) is 34.5. The highest BCUT2D eigenvalue weighted by atomic mass is 15.2. The molecule has 0 N–H and O–H groups in total. The van der Waals surface area contributed by atoms with Gasteiger partial charge in [-0.15, -0.1) is 0 Å². The zero-order chi connectivity index (χ0) is 92.7. The molecule has 0 atom stereocenters. The van der Waals surface area contributed by atoms with Crippen LogP contribution in [0.15, 0.2) is 516 Å². The zero-order valence-corrected chi connectivity index (χ0v) is 76.5. The van der Waals surface area contributed by atoms with Crippen LogP contribution in [0.2, 0.25) is 0 Å². The van der Waals surface area contributed by atoms with Gasteiger partial charge >= 0.3 is 0 Å². The maximum atomic E-state index is 5.96. The van der Waals surface area contributed by atoms with E-state index < -0.39 is 0 Å². The number of para-hydroxylation sites is 12. The van der Waals surface area contributed by atoms with Crippen LogP contribution in [0.3, 0.4) is 0 Å². The van der Waals surface area contributed by atoms with Crippen LogP contribution in [0.25, 0.3) is 199 Å². The van der Waals surface area contributed by atoms with Gasteiger partial charge in [0.25, 0.3) is 0 Å². The molecule has 0 aliphatic carbocycles. The van der Waals surface area contributed by atoms with Gasteiger partial charge in [-0.1, -0.05) is 273 Å². The molecule has 0 amide bonds. The average Bonchev–Trinajstić information content (AvgIpc) is 1.63. The summed E-state index contributed by atoms with van der Waals surface area (Å²) in [6, 6.07) is 188. The predicted molar refractivity (Wildman–Crippen MR) is 588 cm³/mol. The SMILES string of the molecule is c1ccc(-n2c3ccccc3c3cc(N(c4cccc(-c5cc(-c6cccc(N(c7ccc8c(c7)c7ccccc7n8-c7ccccc7)c7ccc8c9ccccc9n(-c9ccccc9)c8c7)c6)nc(-c6cccc(N(c7ccc8c(c7)c7ccccc7n8-c7ccccc7)c7ccc8c9ccccc9n(-c9ccccc9)c8c7)c6)n5)c4)c4ccc5c6ccccc6n(-c6ccccc6)c5c4)ccc32)cc1. The molecule has 0 spiro atoms. The molecule has 0 aliphatic heterocycles. The molecule has 0 saturated carbocycles. The molecule has 11 nitrogen and oxygen atoms in total. The fourth-order valence-electron chi connectivity index (χ4n) is 22.3. The standard InChI is InChI=1S/C130H85N11/c1-7-37-89(38-8-1)136-121-61-28-22-55-107(121)113-79-98(67-73-124(113)136)133(101-64-70-110-104-52-19-25-58-118(104)139(127(110)82-101)92-43-13-4-14-44-92)95-49-31-34-86(76-95)116-85-117(87-35-32-50-96(77-87)134(99-68-74-125-114(80-99)108-56-23-29-62-122(108)137(125)90-39-9-2-10-40-90)102-65-71-111-105-53-20-26-59-119(105)140(128(111)83-102)93-45-15-5-16-46-93)132-130(131-116)88-36-33-51-97(78-88)135(100-69-75-126-115(81-100)109-57-24-30-63-123(109)138(126)91-41-11-3-12-42-91)103-66-72-112-106-54-21-27-60-120(106)141(129(112)84-103)94-47-17-6-18-48-94/h1-85H. The number of anilines is 9. The maximum Gasteiger partial charge on any atom is 0.160 e. The molecule has 0 bridgehead atoms. The van der Waals surface area contributed by atoms with Gasteiger partial charge < -0.3 is 42.1 Å². The van der Waals surface area contributed by atoms with Crippen LogP contribution in [0.4, 0.5) is 51.2 Å². The summed E-state index contributed by atoms with van der Waals surface area (Å²) in [4.78, 5) is 19.2. The van der Waals surface area contributed by atoms with Gasteiger partial charge in [0.1, 0.15) is 0 Å². The van der Waals surface area contributed by atoms with Crippen LogP contribution in [-0.2, 0) is 0 Å². The molecule has 0 unspecified atom stereocenters. The molecule has 7 heterocycles. The normalized spacial score (nSPS) is 11.8. The molecule has 21 aromatic carbocycles. The number of hydrogen-bond acceptors (Lipinski definition) is 5. The van der Waals surface area contributed by atoms with Gasteiger partial charge in [0.15, 0.2) is 5.82 Å². The summed E-state index contributed by atoms with van der Waals surface area (Å²) >= 11 is 0. The molecular weight excluding hydrogens is 1720 g/mol. The van der Waals surface area contributed by atoms with Crippen molar-refractivity contribution in [1.29, 1.82) is 0 Å². The van der Waals surface area contributed by atoms with Gasteiger partial charge in [-0.3, -0.25) is 0 Å². The molecule has 7 aromatic heterocycles. The van der Waals surface area contributed by atoms with E-state index in [2.05, 4.69) is 558 Å². The number of rotatable bonds is 18. The van der Waals surface area contributed by atoms with Crippen LogP contribution in [0, 0.1) is 0 Å². The summed E-state index contributed by atoms with van der Waals surface area (Å²) in [5, 5.41) is 13.9. The van der Waals surface area contributed by atoms with E-state index in [1.807, 2.05) is 0 Å². The van der Waals surface area contributed by atoms with Gasteiger partial charge in [0.05, 0.1) is 77.6 Å². The molecule has 0 radical (unpaired) electrons. The maximum absolute atomic E-state index is 5.96. The Kier molecular flexibility index (Phi) is 18.7. The molecule has 141 heavy (non-hydrogen) atoms. The molecule has 28 rings (SSSR count). The minimum atomic E-state index is 0.550. The Morgan fingerprint density at radius 1 is 0.128 bits per heavy atom. The van der Waals surface area contributed by atoms with Crippen LogP contribution in [0.5, 0.6) is 0 Å². The monoisotopic (exact) mass is 1800 g/mol. The topological polar surface area (TPSA) is 65.1 Å². The summed E-state index contributed by atoms with van der Waals surface area (Å²) < 4.78 is 14.4. The number of benzene rings is 21. The van der Waals surface area contributed by atoms with Gasteiger partial charge in [-0.25, -0.2) is 9.97 Å². The largest absolute Gasteiger partial charge is 0.310 e. The minimum Gasteiger partial charge on any atom is -0.310 e. The van der Waals surface area contributed by atoms with E-state index in [-0.39, 0.29) is 0 Å². The Hall–Kier alpha value is -19.1. The summed E-state index contributed by atoms with van der Waals surface area (Å²) in [5.41, 5.74) is 32.8. The van der Waals surface area contributed by atoms with Crippen molar-refractivity contribution >= 4 is 182 Å². The third-order valence-electron chi connectivity index (χ3n) is 28.5. The molecule has 28 aromatic rings. The average molecular weight is 1800 g/mol. The smallest absolute Gasteiger partial charge is 0.160 e. The van der Waals surface area contributed by atoms with Crippen LogP contribution in [0.1, 0.15) is 0 Å². The van der Waals surface area contributed by atoms with E-state index in [1.54, 1.807) is 0 Å². The summed E-state index contributed by atoms with van der Waals surface area (Å²) in [6.45, 7) is 0. The Morgan fingerprint density at radius 3 is 0.603 bits per heavy atom. The highest BCUT2D eigenvalue weighted by Gasteiger charge is 2.28. The lowest BCUT2D eigenvalue weighted by molar-refractivity contribution is 1.17. The Morgan fingerprint density at radius 2 is 0.326 bits per heavy atom. The second-order valence-electron chi connectivity index (χ2n) is 36.5. The number of hydrogen-bond donors (Lipinski definition) is 0. The van der Waals surface area contributed by atoms with E-state index >= 15 is 0 Å². The molecule has 11 heteroatoms. The number of nitrogens with zero attached hydrogens (tertiary/aromatic N) is 11. The van der Waals surface area contributed by atoms with Crippen LogP contribution >= 0.6 is 0 Å². The third kappa shape index (κ3) is 13.3. The highest BCUT2D eigenvalue weighted by molar-refractivity contribution is 6.17. The van der Waals surface area contributed by atoms with Gasteiger partial charge in [-0.2, -0.15) is 0 Å². The fraction of sp³-hybridized carbons (Fsp3) is 0. The van der Waals surface area contributed by atoms with Crippen molar-refractivity contribution in [3.05, 3.63) is 516 Å². The van der Waals surface area contributed by atoms with Crippen molar-refractivity contribution in [3.8, 4) is 68.0 Å². The minimum absolute atomic E-state index is 0.550. The number of fused-ring (bicyclic) bond motifs is 18. The Balaban J connectivity index is 0.671. The summed E-state index contributed by atoms with van der Waals surface area (Å²) in [5.74, 6) is 0.550. The van der Waals surface area contributed by atoms with Crippen molar-refractivity contribution in [1.82, 2.24) is 37.4 Å². The first-order valence-corrected chi connectivity index (χ1v) is 48.1. The third-order valence-corrected chi connectivity index (χ3v) is 28.5. The quantitative estimate of drug-likeness (QED) is 0.0856. The fourth-order valence-corrected chi connectivity index (χ4v) is 22.3. The van der Waals surface area contributed by atoms with Gasteiger partial charge in [0.2, 0.25) is 0 Å². The molecule has 660 valence electrons. The van der Waals surface area contributed by atoms with Gasteiger partial charge in [0, 0.05) is 167 Å². The van der Waals surface area contributed by atoms with Crippen molar-refractivity contribution in [2.24, 2.45) is 0 Å². The number of aromatic nitrogens is 8. The van der Waals surface area contributed by atoms with Crippen molar-refractivity contribution in [3.63, 3.8) is 0 Å². The lowest BCUT2D eigenvalue weighted by atomic mass is 10.0. The van der Waals surface area contributed by atoms with Crippen LogP contribution in [-0.4, -0.2) is 37.4 Å². The molecule has 0 saturated heterocycles. The summed E-state index contributed by atoms with van der Waals surface area (Å²) in [6.07, 6.45) is 0. The summed E-state index contributed by atoms with van der Waals surface area (Å²) in [7, 11) is 0. The van der Waals surface area contributed by atoms with Crippen molar-refractivity contribution in [2.75, 3.05) is 14.7 Å². The lowest BCUT2D eigenvalue weighted by Gasteiger charge is -2.27. The second-order valence-corrected chi connectivity index (χ2v) is 36.5. The van der Waals surface area contributed by atoms with Crippen molar-refractivity contribution in [2.45, 2.75) is 0 Å². The second kappa shape index (κ2) is 32.9.